The smallest absolute Gasteiger partial charge is 0.132 e. The molecule has 0 amide bonds. The average Bonchev–Trinajstić information content (AvgIpc) is 2.48. The predicted molar refractivity (Wildman–Crippen MR) is 83.0 cm³/mol. The van der Waals surface area contributed by atoms with E-state index < -0.39 is 0 Å². The van der Waals surface area contributed by atoms with E-state index in [4.69, 9.17) is 16.9 Å². The summed E-state index contributed by atoms with van der Waals surface area (Å²) in [4.78, 5) is 0. The highest BCUT2D eigenvalue weighted by molar-refractivity contribution is 6.33. The molecule has 1 aliphatic heterocycles. The Morgan fingerprint density at radius 1 is 1.23 bits per heavy atom. The van der Waals surface area contributed by atoms with Crippen molar-refractivity contribution in [2.45, 2.75) is 18.0 Å². The van der Waals surface area contributed by atoms with E-state index in [9.17, 15) is 9.50 Å². The van der Waals surface area contributed by atoms with Gasteiger partial charge in [0.1, 0.15) is 11.9 Å². The van der Waals surface area contributed by atoms with Crippen LogP contribution in [0.15, 0.2) is 42.5 Å². The van der Waals surface area contributed by atoms with Gasteiger partial charge in [0.05, 0.1) is 17.7 Å². The number of hydrogen-bond acceptors (Lipinski definition) is 3. The van der Waals surface area contributed by atoms with Crippen LogP contribution in [0.25, 0.3) is 11.1 Å². The van der Waals surface area contributed by atoms with Crippen LogP contribution in [0.3, 0.4) is 0 Å². The molecule has 0 aromatic heterocycles. The molecule has 3 rings (SSSR count). The maximum Gasteiger partial charge on any atom is 0.132 e. The topological polar surface area (TPSA) is 56.0 Å². The number of halogens is 2. The minimum Gasteiger partial charge on any atom is -0.395 e. The van der Waals surface area contributed by atoms with Gasteiger partial charge in [-0.1, -0.05) is 41.9 Å². The minimum atomic E-state index is -0.367. The lowest BCUT2D eigenvalue weighted by Gasteiger charge is -2.41. The van der Waals surface area contributed by atoms with E-state index in [0.29, 0.717) is 16.1 Å². The first-order valence-electron chi connectivity index (χ1n) is 6.96. The number of rotatable bonds is 3. The Labute approximate surface area is 133 Å². The molecule has 1 heterocycles. The van der Waals surface area contributed by atoms with Gasteiger partial charge in [-0.2, -0.15) is 5.26 Å². The molecule has 0 bridgehead atoms. The molecule has 2 aromatic carbocycles. The van der Waals surface area contributed by atoms with E-state index in [1.165, 1.54) is 6.07 Å². The van der Waals surface area contributed by atoms with Crippen LogP contribution in [0.1, 0.15) is 11.5 Å². The molecule has 0 radical (unpaired) electrons. The lowest BCUT2D eigenvalue weighted by Crippen LogP contribution is -2.60. The number of nitriles is 1. The molecule has 1 saturated heterocycles. The Bertz CT molecular complexity index is 706. The molecule has 112 valence electrons. The van der Waals surface area contributed by atoms with Gasteiger partial charge in [0.15, 0.2) is 0 Å². The third-order valence-electron chi connectivity index (χ3n) is 4.07. The molecular weight excluding hydrogens is 303 g/mol. The van der Waals surface area contributed by atoms with Crippen molar-refractivity contribution >= 4 is 11.6 Å². The van der Waals surface area contributed by atoms with Gasteiger partial charge in [-0.25, -0.2) is 4.39 Å². The van der Waals surface area contributed by atoms with Crippen molar-refractivity contribution in [3.8, 4) is 17.2 Å². The number of benzene rings is 2. The Hall–Kier alpha value is -1.93. The average molecular weight is 317 g/mol. The second-order valence-electron chi connectivity index (χ2n) is 5.31. The van der Waals surface area contributed by atoms with Gasteiger partial charge in [-0.15, -0.1) is 0 Å². The molecule has 1 aliphatic rings. The van der Waals surface area contributed by atoms with E-state index in [1.807, 2.05) is 12.1 Å². The fourth-order valence-electron chi connectivity index (χ4n) is 2.91. The Balaban J connectivity index is 1.92. The largest absolute Gasteiger partial charge is 0.395 e. The third kappa shape index (κ3) is 2.48. The maximum absolute atomic E-state index is 13.9. The molecule has 2 N–H and O–H groups in total. The first kappa shape index (κ1) is 15.0. The van der Waals surface area contributed by atoms with Crippen molar-refractivity contribution < 1.29 is 9.50 Å². The van der Waals surface area contributed by atoms with Crippen LogP contribution < -0.4 is 5.32 Å². The molecule has 3 nitrogen and oxygen atoms in total. The van der Waals surface area contributed by atoms with Crippen LogP contribution in [0.4, 0.5) is 4.39 Å². The molecular formula is C17H14ClFN2O. The molecule has 2 aromatic rings. The lowest BCUT2D eigenvalue weighted by atomic mass is 9.78. The van der Waals surface area contributed by atoms with Gasteiger partial charge in [0.2, 0.25) is 0 Å². The number of nitrogens with one attached hydrogen (secondary N) is 1. The fraction of sp³-hybridized carbons (Fsp3) is 0.235. The summed E-state index contributed by atoms with van der Waals surface area (Å²) in [7, 11) is 0. The summed E-state index contributed by atoms with van der Waals surface area (Å²) in [5.74, 6) is -0.422. The fourth-order valence-corrected chi connectivity index (χ4v) is 3.18. The van der Waals surface area contributed by atoms with E-state index in [1.54, 1.807) is 24.3 Å². The first-order chi connectivity index (χ1) is 10.7. The van der Waals surface area contributed by atoms with Crippen molar-refractivity contribution in [1.82, 2.24) is 5.32 Å². The molecule has 0 unspecified atom stereocenters. The summed E-state index contributed by atoms with van der Waals surface area (Å²) < 4.78 is 13.9. The van der Waals surface area contributed by atoms with Crippen molar-refractivity contribution in [3.05, 3.63) is 58.9 Å². The number of hydrogen-bond donors (Lipinski definition) is 2. The summed E-state index contributed by atoms with van der Waals surface area (Å²) in [6, 6.07) is 13.6. The molecule has 22 heavy (non-hydrogen) atoms. The van der Waals surface area contributed by atoms with Crippen LogP contribution >= 0.6 is 11.6 Å². The zero-order valence-electron chi connectivity index (χ0n) is 11.6. The highest BCUT2D eigenvalue weighted by Gasteiger charge is 2.41. The van der Waals surface area contributed by atoms with Crippen LogP contribution in [-0.4, -0.2) is 23.8 Å². The summed E-state index contributed by atoms with van der Waals surface area (Å²) in [5.41, 5.74) is 2.01. The monoisotopic (exact) mass is 316 g/mol. The van der Waals surface area contributed by atoms with Gasteiger partial charge in [0.25, 0.3) is 0 Å². The number of aliphatic hydroxyl groups is 1. The number of aliphatic hydroxyl groups excluding tert-OH is 1. The molecule has 1 fully saturated rings. The highest BCUT2D eigenvalue weighted by Crippen LogP contribution is 2.35. The van der Waals surface area contributed by atoms with E-state index in [2.05, 4.69) is 11.4 Å². The van der Waals surface area contributed by atoms with E-state index >= 15 is 0 Å². The Kier molecular flexibility index (Phi) is 4.12. The standard InChI is InChI=1S/C17H14ClFN2O/c18-12-2-1-3-13(19)16(12)10-4-6-11(7-5-10)17-14(8-20)21-15(17)9-22/h1-7,14-15,17,21-22H,9H2/t14-,15-,17-/m0/s1. The summed E-state index contributed by atoms with van der Waals surface area (Å²) in [6.45, 7) is -0.0241. The third-order valence-corrected chi connectivity index (χ3v) is 4.38. The van der Waals surface area contributed by atoms with Gasteiger partial charge in [0, 0.05) is 17.5 Å². The molecule has 0 spiro atoms. The Morgan fingerprint density at radius 2 is 1.95 bits per heavy atom. The molecule has 0 saturated carbocycles. The lowest BCUT2D eigenvalue weighted by molar-refractivity contribution is 0.151. The maximum atomic E-state index is 13.9. The highest BCUT2D eigenvalue weighted by atomic mass is 35.5. The first-order valence-corrected chi connectivity index (χ1v) is 7.34. The van der Waals surface area contributed by atoms with Crippen LogP contribution in [0.5, 0.6) is 0 Å². The minimum absolute atomic E-state index is 0.0241. The summed E-state index contributed by atoms with van der Waals surface area (Å²) >= 11 is 6.07. The van der Waals surface area contributed by atoms with Crippen LogP contribution in [0, 0.1) is 17.1 Å². The molecule has 3 atom stereocenters. The quantitative estimate of drug-likeness (QED) is 0.915. The van der Waals surface area contributed by atoms with Gasteiger partial charge in [-0.05, 0) is 23.3 Å². The van der Waals surface area contributed by atoms with Crippen molar-refractivity contribution in [3.63, 3.8) is 0 Å². The predicted octanol–water partition coefficient (Wildman–Crippen LogP) is 3.09. The second kappa shape index (κ2) is 6.05. The van der Waals surface area contributed by atoms with Crippen molar-refractivity contribution in [1.29, 1.82) is 5.26 Å². The summed E-state index contributed by atoms with van der Waals surface area (Å²) in [5, 5.41) is 21.7. The number of nitrogens with zero attached hydrogens (tertiary/aromatic N) is 1. The van der Waals surface area contributed by atoms with Crippen molar-refractivity contribution in [2.75, 3.05) is 6.61 Å². The zero-order valence-corrected chi connectivity index (χ0v) is 12.4. The van der Waals surface area contributed by atoms with Crippen molar-refractivity contribution in [2.24, 2.45) is 0 Å². The SMILES string of the molecule is N#C[C@@H]1N[C@@H](CO)[C@H]1c1ccc(-c2c(F)cccc2Cl)cc1. The van der Waals surface area contributed by atoms with E-state index in [0.717, 1.165) is 5.56 Å². The summed E-state index contributed by atoms with van der Waals surface area (Å²) in [6.07, 6.45) is 0. The molecule has 0 aliphatic carbocycles. The van der Waals surface area contributed by atoms with Gasteiger partial charge >= 0.3 is 0 Å². The van der Waals surface area contributed by atoms with Gasteiger partial charge in [-0.3, -0.25) is 5.32 Å². The molecule has 5 heteroatoms. The van der Waals surface area contributed by atoms with E-state index in [-0.39, 0.29) is 30.4 Å². The zero-order chi connectivity index (χ0) is 15.7. The van der Waals surface area contributed by atoms with Gasteiger partial charge < -0.3 is 5.11 Å². The van der Waals surface area contributed by atoms with Crippen LogP contribution in [-0.2, 0) is 0 Å². The Morgan fingerprint density at radius 3 is 2.55 bits per heavy atom. The second-order valence-corrected chi connectivity index (χ2v) is 5.71. The van der Waals surface area contributed by atoms with Crippen LogP contribution in [0.2, 0.25) is 5.02 Å². The normalized spacial score (nSPS) is 23.6.